The number of amides is 1. The molecule has 8 heteroatoms. The molecule has 0 spiro atoms. The van der Waals surface area contributed by atoms with Crippen molar-refractivity contribution < 1.29 is 22.7 Å². The first kappa shape index (κ1) is 15.9. The summed E-state index contributed by atoms with van der Waals surface area (Å²) in [5, 5.41) is 6.46. The molecule has 0 radical (unpaired) electrons. The summed E-state index contributed by atoms with van der Waals surface area (Å²) >= 11 is 0. The molecule has 1 heterocycles. The van der Waals surface area contributed by atoms with Crippen LogP contribution in [0.4, 0.5) is 23.8 Å². The zero-order valence-corrected chi connectivity index (χ0v) is 11.7. The summed E-state index contributed by atoms with van der Waals surface area (Å²) in [6.45, 7) is 0.460. The van der Waals surface area contributed by atoms with E-state index in [1.165, 1.54) is 4.68 Å². The summed E-state index contributed by atoms with van der Waals surface area (Å²) in [4.78, 5) is 11.4. The number of ether oxygens (including phenoxy) is 1. The van der Waals surface area contributed by atoms with Crippen molar-refractivity contribution in [3.8, 4) is 0 Å². The molecular formula is C14H14F3N3O2. The molecule has 0 fully saturated rings. The summed E-state index contributed by atoms with van der Waals surface area (Å²) < 4.78 is 41.6. The highest BCUT2D eigenvalue weighted by Crippen LogP contribution is 2.16. The Morgan fingerprint density at radius 2 is 2.00 bits per heavy atom. The molecule has 1 aromatic carbocycles. The fourth-order valence-corrected chi connectivity index (χ4v) is 1.81. The number of aromatic nitrogens is 2. The second-order valence-electron chi connectivity index (χ2n) is 4.63. The molecule has 0 unspecified atom stereocenters. The molecule has 0 saturated carbocycles. The minimum Gasteiger partial charge on any atom is -0.440 e. The van der Waals surface area contributed by atoms with Gasteiger partial charge in [-0.2, -0.15) is 18.3 Å². The van der Waals surface area contributed by atoms with E-state index in [-0.39, 0.29) is 5.82 Å². The fourth-order valence-electron chi connectivity index (χ4n) is 1.81. The summed E-state index contributed by atoms with van der Waals surface area (Å²) in [5.41, 5.74) is 1.57. The van der Waals surface area contributed by atoms with Crippen molar-refractivity contribution in [1.29, 1.82) is 0 Å². The molecule has 1 aromatic heterocycles. The van der Waals surface area contributed by atoms with Crippen LogP contribution >= 0.6 is 0 Å². The monoisotopic (exact) mass is 313 g/mol. The maximum absolute atomic E-state index is 12.0. The van der Waals surface area contributed by atoms with Crippen molar-refractivity contribution in [3.05, 3.63) is 47.7 Å². The molecular weight excluding hydrogens is 299 g/mol. The number of aryl methyl sites for hydroxylation is 1. The smallest absolute Gasteiger partial charge is 0.422 e. The maximum atomic E-state index is 12.0. The molecule has 0 aliphatic heterocycles. The van der Waals surface area contributed by atoms with Crippen LogP contribution < -0.4 is 5.32 Å². The number of hydrogen-bond acceptors (Lipinski definition) is 3. The number of carbonyl (C=O) groups excluding carboxylic acids is 1. The number of hydrogen-bond donors (Lipinski definition) is 1. The largest absolute Gasteiger partial charge is 0.440 e. The summed E-state index contributed by atoms with van der Waals surface area (Å²) in [5.74, 6) is 0.272. The van der Waals surface area contributed by atoms with Crippen molar-refractivity contribution in [2.45, 2.75) is 19.6 Å². The molecule has 5 nitrogen and oxygen atoms in total. The Hall–Kier alpha value is -2.51. The van der Waals surface area contributed by atoms with E-state index in [2.05, 4.69) is 15.2 Å². The normalized spacial score (nSPS) is 11.3. The molecule has 0 atom stereocenters. The van der Waals surface area contributed by atoms with Gasteiger partial charge in [0.15, 0.2) is 6.61 Å². The van der Waals surface area contributed by atoms with Gasteiger partial charge in [-0.3, -0.25) is 5.32 Å². The second-order valence-corrected chi connectivity index (χ2v) is 4.63. The number of rotatable bonds is 4. The number of benzene rings is 1. The minimum atomic E-state index is -4.56. The quantitative estimate of drug-likeness (QED) is 0.942. The summed E-state index contributed by atoms with van der Waals surface area (Å²) in [6.07, 6.45) is -5.73. The van der Waals surface area contributed by atoms with Gasteiger partial charge in [0.2, 0.25) is 0 Å². The summed E-state index contributed by atoms with van der Waals surface area (Å²) in [7, 11) is 0. The highest BCUT2D eigenvalue weighted by atomic mass is 19.4. The van der Waals surface area contributed by atoms with Crippen molar-refractivity contribution in [2.75, 3.05) is 11.9 Å². The molecule has 2 rings (SSSR count). The SMILES string of the molecule is Cc1cc(NC(=O)OCC(F)(F)F)n(Cc2ccccc2)n1. The maximum Gasteiger partial charge on any atom is 0.422 e. The molecule has 22 heavy (non-hydrogen) atoms. The Morgan fingerprint density at radius 1 is 1.32 bits per heavy atom. The van der Waals surface area contributed by atoms with E-state index in [4.69, 9.17) is 0 Å². The zero-order chi connectivity index (χ0) is 16.2. The number of nitrogens with one attached hydrogen (secondary N) is 1. The van der Waals surface area contributed by atoms with Gasteiger partial charge in [0, 0.05) is 6.07 Å². The first-order valence-corrected chi connectivity index (χ1v) is 6.42. The topological polar surface area (TPSA) is 56.1 Å². The van der Waals surface area contributed by atoms with Crippen LogP contribution in [0.2, 0.25) is 0 Å². The lowest BCUT2D eigenvalue weighted by Crippen LogP contribution is -2.24. The standard InChI is InChI=1S/C14H14F3N3O2/c1-10-7-12(18-13(21)22-9-14(15,16)17)20(19-10)8-11-5-3-2-4-6-11/h2-7H,8-9H2,1H3,(H,18,21). The third-order valence-corrected chi connectivity index (χ3v) is 2.67. The van der Waals surface area contributed by atoms with E-state index < -0.39 is 18.9 Å². The lowest BCUT2D eigenvalue weighted by Gasteiger charge is -2.10. The first-order chi connectivity index (χ1) is 10.3. The van der Waals surface area contributed by atoms with Gasteiger partial charge in [0.05, 0.1) is 12.2 Å². The lowest BCUT2D eigenvalue weighted by molar-refractivity contribution is -0.159. The molecule has 0 aliphatic rings. The van der Waals surface area contributed by atoms with Gasteiger partial charge < -0.3 is 4.74 Å². The highest BCUT2D eigenvalue weighted by molar-refractivity contribution is 5.83. The van der Waals surface area contributed by atoms with Crippen LogP contribution in [0, 0.1) is 6.92 Å². The Morgan fingerprint density at radius 3 is 2.64 bits per heavy atom. The first-order valence-electron chi connectivity index (χ1n) is 6.42. The van der Waals surface area contributed by atoms with Gasteiger partial charge in [-0.05, 0) is 12.5 Å². The molecule has 2 aromatic rings. The predicted octanol–water partition coefficient (Wildman–Crippen LogP) is 3.35. The van der Waals surface area contributed by atoms with Crippen molar-refractivity contribution >= 4 is 11.9 Å². The van der Waals surface area contributed by atoms with E-state index in [0.717, 1.165) is 5.56 Å². The van der Waals surface area contributed by atoms with E-state index >= 15 is 0 Å². The van der Waals surface area contributed by atoms with Gasteiger partial charge in [0.1, 0.15) is 5.82 Å². The lowest BCUT2D eigenvalue weighted by atomic mass is 10.2. The molecule has 1 amide bonds. The Labute approximate surface area is 124 Å². The summed E-state index contributed by atoms with van der Waals surface area (Å²) in [6, 6.07) is 10.9. The van der Waals surface area contributed by atoms with Crippen LogP contribution in [0.3, 0.4) is 0 Å². The van der Waals surface area contributed by atoms with Crippen molar-refractivity contribution in [2.24, 2.45) is 0 Å². The van der Waals surface area contributed by atoms with E-state index in [9.17, 15) is 18.0 Å². The molecule has 0 aliphatic carbocycles. The van der Waals surface area contributed by atoms with Gasteiger partial charge in [0.25, 0.3) is 0 Å². The minimum absolute atomic E-state index is 0.272. The number of carbonyl (C=O) groups is 1. The van der Waals surface area contributed by atoms with E-state index in [1.807, 2.05) is 30.3 Å². The van der Waals surface area contributed by atoms with Crippen LogP contribution in [0.25, 0.3) is 0 Å². The third kappa shape index (κ3) is 4.80. The molecule has 1 N–H and O–H groups in total. The van der Waals surface area contributed by atoms with Crippen LogP contribution in [0.15, 0.2) is 36.4 Å². The predicted molar refractivity (Wildman–Crippen MR) is 73.5 cm³/mol. The van der Waals surface area contributed by atoms with Gasteiger partial charge in [-0.25, -0.2) is 9.48 Å². The number of halogens is 3. The van der Waals surface area contributed by atoms with Crippen LogP contribution in [-0.4, -0.2) is 28.7 Å². The second kappa shape index (κ2) is 6.50. The van der Waals surface area contributed by atoms with Crippen LogP contribution in [0.5, 0.6) is 0 Å². The fraction of sp³-hybridized carbons (Fsp3) is 0.286. The van der Waals surface area contributed by atoms with E-state index in [1.54, 1.807) is 13.0 Å². The molecule has 0 bridgehead atoms. The van der Waals surface area contributed by atoms with Gasteiger partial charge >= 0.3 is 12.3 Å². The highest BCUT2D eigenvalue weighted by Gasteiger charge is 2.29. The number of anilines is 1. The number of alkyl halides is 3. The Bertz CT molecular complexity index is 639. The van der Waals surface area contributed by atoms with Gasteiger partial charge in [-0.15, -0.1) is 0 Å². The Kier molecular flexibility index (Phi) is 4.69. The molecule has 0 saturated heterocycles. The Balaban J connectivity index is 2.03. The average molecular weight is 313 g/mol. The average Bonchev–Trinajstić information content (AvgIpc) is 2.77. The number of nitrogens with zero attached hydrogens (tertiary/aromatic N) is 2. The van der Waals surface area contributed by atoms with Crippen molar-refractivity contribution in [3.63, 3.8) is 0 Å². The van der Waals surface area contributed by atoms with Crippen LogP contribution in [-0.2, 0) is 11.3 Å². The zero-order valence-electron chi connectivity index (χ0n) is 11.7. The van der Waals surface area contributed by atoms with Crippen LogP contribution in [0.1, 0.15) is 11.3 Å². The van der Waals surface area contributed by atoms with E-state index in [0.29, 0.717) is 12.2 Å². The molecule has 118 valence electrons. The van der Waals surface area contributed by atoms with Gasteiger partial charge in [-0.1, -0.05) is 30.3 Å². The third-order valence-electron chi connectivity index (χ3n) is 2.67. The van der Waals surface area contributed by atoms with Crippen molar-refractivity contribution in [1.82, 2.24) is 9.78 Å².